The summed E-state index contributed by atoms with van der Waals surface area (Å²) < 4.78 is 1.94. The first-order chi connectivity index (χ1) is 9.04. The number of hydrogen-bond acceptors (Lipinski definition) is 2. The van der Waals surface area contributed by atoms with Gasteiger partial charge >= 0.3 is 0 Å². The Labute approximate surface area is 113 Å². The molecule has 4 heteroatoms. The maximum absolute atomic E-state index is 12.3. The van der Waals surface area contributed by atoms with Crippen LogP contribution in [0.1, 0.15) is 24.2 Å². The highest BCUT2D eigenvalue weighted by atomic mass is 16.3. The van der Waals surface area contributed by atoms with Gasteiger partial charge in [-0.05, 0) is 12.0 Å². The van der Waals surface area contributed by atoms with Gasteiger partial charge in [0.25, 0.3) is 5.91 Å². The lowest BCUT2D eigenvalue weighted by atomic mass is 10.0. The van der Waals surface area contributed by atoms with Crippen LogP contribution in [0.25, 0.3) is 10.9 Å². The lowest BCUT2D eigenvalue weighted by Crippen LogP contribution is -2.41. The fourth-order valence-electron chi connectivity index (χ4n) is 2.19. The summed E-state index contributed by atoms with van der Waals surface area (Å²) in [6.07, 6.45) is 1.83. The molecule has 1 amide bonds. The summed E-state index contributed by atoms with van der Waals surface area (Å²) in [5, 5.41) is 13.1. The minimum absolute atomic E-state index is 0.0474. The van der Waals surface area contributed by atoms with Crippen LogP contribution in [0, 0.1) is 5.92 Å². The topological polar surface area (TPSA) is 54.3 Å². The molecule has 0 spiro atoms. The molecule has 0 fully saturated rings. The summed E-state index contributed by atoms with van der Waals surface area (Å²) >= 11 is 0. The van der Waals surface area contributed by atoms with E-state index in [2.05, 4.69) is 5.32 Å². The molecule has 1 aromatic carbocycles. The molecule has 0 saturated carbocycles. The summed E-state index contributed by atoms with van der Waals surface area (Å²) in [6.45, 7) is 3.91. The van der Waals surface area contributed by atoms with E-state index in [0.29, 0.717) is 5.56 Å². The molecule has 1 aromatic heterocycles. The summed E-state index contributed by atoms with van der Waals surface area (Å²) in [5.74, 6) is 0.0634. The van der Waals surface area contributed by atoms with E-state index in [-0.39, 0.29) is 24.5 Å². The Hall–Kier alpha value is -1.81. The zero-order valence-corrected chi connectivity index (χ0v) is 11.6. The fourth-order valence-corrected chi connectivity index (χ4v) is 2.19. The van der Waals surface area contributed by atoms with Gasteiger partial charge in [-0.2, -0.15) is 0 Å². The number of hydrogen-bond donors (Lipinski definition) is 2. The molecule has 0 aliphatic carbocycles. The molecule has 0 aliphatic rings. The van der Waals surface area contributed by atoms with Crippen LogP contribution in [0.5, 0.6) is 0 Å². The summed E-state index contributed by atoms with van der Waals surface area (Å²) in [5.41, 5.74) is 1.68. The first-order valence-corrected chi connectivity index (χ1v) is 6.50. The standard InChI is InChI=1S/C15H20N2O2/c1-10(2)13(9-18)16-15(19)12-8-17(3)14-7-5-4-6-11(12)14/h4-8,10,13,18H,9H2,1-3H3,(H,16,19). The van der Waals surface area contributed by atoms with Gasteiger partial charge in [0.1, 0.15) is 0 Å². The zero-order chi connectivity index (χ0) is 14.0. The number of fused-ring (bicyclic) bond motifs is 1. The number of amides is 1. The molecule has 0 saturated heterocycles. The van der Waals surface area contributed by atoms with Crippen LogP contribution in [0.15, 0.2) is 30.5 Å². The summed E-state index contributed by atoms with van der Waals surface area (Å²) in [6, 6.07) is 7.58. The Kier molecular flexibility index (Phi) is 3.90. The van der Waals surface area contributed by atoms with Crippen molar-refractivity contribution in [1.82, 2.24) is 9.88 Å². The molecule has 2 aromatic rings. The Balaban J connectivity index is 2.32. The molecular formula is C15H20N2O2. The average Bonchev–Trinajstić information content (AvgIpc) is 2.73. The van der Waals surface area contributed by atoms with Gasteiger partial charge in [-0.1, -0.05) is 32.0 Å². The second-order valence-corrected chi connectivity index (χ2v) is 5.18. The molecule has 4 nitrogen and oxygen atoms in total. The molecule has 0 aliphatic heterocycles. The third-order valence-electron chi connectivity index (χ3n) is 3.46. The number of benzene rings is 1. The first-order valence-electron chi connectivity index (χ1n) is 6.50. The van der Waals surface area contributed by atoms with E-state index >= 15 is 0 Å². The van der Waals surface area contributed by atoms with Gasteiger partial charge in [0.2, 0.25) is 0 Å². The minimum Gasteiger partial charge on any atom is -0.394 e. The van der Waals surface area contributed by atoms with E-state index in [4.69, 9.17) is 0 Å². The molecule has 19 heavy (non-hydrogen) atoms. The van der Waals surface area contributed by atoms with Crippen LogP contribution in [-0.2, 0) is 7.05 Å². The van der Waals surface area contributed by atoms with Crippen LogP contribution in [0.2, 0.25) is 0 Å². The third-order valence-corrected chi connectivity index (χ3v) is 3.46. The quantitative estimate of drug-likeness (QED) is 0.882. The van der Waals surface area contributed by atoms with Gasteiger partial charge in [0.15, 0.2) is 0 Å². The normalized spacial score (nSPS) is 12.9. The predicted molar refractivity (Wildman–Crippen MR) is 76.1 cm³/mol. The molecule has 0 radical (unpaired) electrons. The fraction of sp³-hybridized carbons (Fsp3) is 0.400. The highest BCUT2D eigenvalue weighted by molar-refractivity contribution is 6.07. The van der Waals surface area contributed by atoms with Crippen molar-refractivity contribution in [2.75, 3.05) is 6.61 Å². The van der Waals surface area contributed by atoms with E-state index < -0.39 is 0 Å². The van der Waals surface area contributed by atoms with E-state index in [0.717, 1.165) is 10.9 Å². The van der Waals surface area contributed by atoms with E-state index in [1.807, 2.05) is 55.9 Å². The van der Waals surface area contributed by atoms with Crippen molar-refractivity contribution < 1.29 is 9.90 Å². The highest BCUT2D eigenvalue weighted by Crippen LogP contribution is 2.20. The molecule has 102 valence electrons. The van der Waals surface area contributed by atoms with Crippen LogP contribution in [0.3, 0.4) is 0 Å². The monoisotopic (exact) mass is 260 g/mol. The number of aliphatic hydroxyl groups excluding tert-OH is 1. The van der Waals surface area contributed by atoms with Crippen molar-refractivity contribution in [3.8, 4) is 0 Å². The number of aromatic nitrogens is 1. The molecule has 2 N–H and O–H groups in total. The van der Waals surface area contributed by atoms with Crippen LogP contribution < -0.4 is 5.32 Å². The number of para-hydroxylation sites is 1. The van der Waals surface area contributed by atoms with Gasteiger partial charge in [-0.25, -0.2) is 0 Å². The number of rotatable bonds is 4. The summed E-state index contributed by atoms with van der Waals surface area (Å²) in [4.78, 5) is 12.3. The Morgan fingerprint density at radius 2 is 2.05 bits per heavy atom. The lowest BCUT2D eigenvalue weighted by molar-refractivity contribution is 0.0898. The van der Waals surface area contributed by atoms with Crippen LogP contribution in [-0.4, -0.2) is 28.2 Å². The number of aliphatic hydroxyl groups is 1. The first kappa shape index (κ1) is 13.6. The van der Waals surface area contributed by atoms with E-state index in [9.17, 15) is 9.90 Å². The molecule has 1 atom stereocenters. The van der Waals surface area contributed by atoms with E-state index in [1.54, 1.807) is 0 Å². The van der Waals surface area contributed by atoms with Gasteiger partial charge < -0.3 is 15.0 Å². The maximum Gasteiger partial charge on any atom is 0.253 e. The molecule has 1 heterocycles. The van der Waals surface area contributed by atoms with E-state index in [1.165, 1.54) is 0 Å². The Bertz CT molecular complexity index is 587. The van der Waals surface area contributed by atoms with Crippen LogP contribution in [0.4, 0.5) is 0 Å². The van der Waals surface area contributed by atoms with Gasteiger partial charge in [-0.15, -0.1) is 0 Å². The number of nitrogens with one attached hydrogen (secondary N) is 1. The average molecular weight is 260 g/mol. The van der Waals surface area contributed by atoms with Crippen molar-refractivity contribution in [3.05, 3.63) is 36.0 Å². The molecular weight excluding hydrogens is 240 g/mol. The second-order valence-electron chi connectivity index (χ2n) is 5.18. The smallest absolute Gasteiger partial charge is 0.253 e. The van der Waals surface area contributed by atoms with Crippen molar-refractivity contribution in [1.29, 1.82) is 0 Å². The third kappa shape index (κ3) is 2.63. The van der Waals surface area contributed by atoms with Gasteiger partial charge in [-0.3, -0.25) is 4.79 Å². The zero-order valence-electron chi connectivity index (χ0n) is 11.6. The number of aryl methyl sites for hydroxylation is 1. The number of carbonyl (C=O) groups excluding carboxylic acids is 1. The number of nitrogens with zero attached hydrogens (tertiary/aromatic N) is 1. The SMILES string of the molecule is CC(C)C(CO)NC(=O)c1cn(C)c2ccccc12. The minimum atomic E-state index is -0.216. The largest absolute Gasteiger partial charge is 0.394 e. The highest BCUT2D eigenvalue weighted by Gasteiger charge is 2.19. The van der Waals surface area contributed by atoms with Crippen molar-refractivity contribution >= 4 is 16.8 Å². The Morgan fingerprint density at radius 3 is 2.68 bits per heavy atom. The second kappa shape index (κ2) is 5.45. The molecule has 0 bridgehead atoms. The van der Waals surface area contributed by atoms with Crippen molar-refractivity contribution in [2.24, 2.45) is 13.0 Å². The summed E-state index contributed by atoms with van der Waals surface area (Å²) in [7, 11) is 1.92. The van der Waals surface area contributed by atoms with Crippen molar-refractivity contribution in [3.63, 3.8) is 0 Å². The van der Waals surface area contributed by atoms with Crippen molar-refractivity contribution in [2.45, 2.75) is 19.9 Å². The molecule has 1 unspecified atom stereocenters. The lowest BCUT2D eigenvalue weighted by Gasteiger charge is -2.19. The molecule has 2 rings (SSSR count). The predicted octanol–water partition coefficient (Wildman–Crippen LogP) is 1.93. The van der Waals surface area contributed by atoms with Gasteiger partial charge in [0, 0.05) is 24.1 Å². The van der Waals surface area contributed by atoms with Crippen LogP contribution >= 0.6 is 0 Å². The maximum atomic E-state index is 12.3. The van der Waals surface area contributed by atoms with Gasteiger partial charge in [0.05, 0.1) is 18.2 Å². The number of carbonyl (C=O) groups is 1. The Morgan fingerprint density at radius 1 is 1.37 bits per heavy atom.